The summed E-state index contributed by atoms with van der Waals surface area (Å²) in [6, 6.07) is 27.8. The lowest BCUT2D eigenvalue weighted by Crippen LogP contribution is -2.46. The van der Waals surface area contributed by atoms with E-state index in [1.165, 1.54) is 11.4 Å². The molecule has 8 heteroatoms. The van der Waals surface area contributed by atoms with Gasteiger partial charge in [0.05, 0.1) is 22.7 Å². The lowest BCUT2D eigenvalue weighted by atomic mass is 10.2. The minimum absolute atomic E-state index is 0.731. The molecule has 0 unspecified atom stereocenters. The monoisotopic (exact) mass is 504 g/mol. The summed E-state index contributed by atoms with van der Waals surface area (Å²) in [6.07, 6.45) is 0. The number of hydrogen-bond donors (Lipinski definition) is 2. The van der Waals surface area contributed by atoms with E-state index in [1.54, 1.807) is 0 Å². The standard InChI is InChI=1S/C30H32N8/c1-21-19-23(31)3-13-29(21)35-33-25-5-9-27(10-6-25)37-15-17-38(18-16-37)28-11-7-26(8-12-28)34-36-30-14-4-24(32)20-22(30)2/h3-14,19-20H,15-18,31-32H2,1-2H3. The van der Waals surface area contributed by atoms with Crippen LogP contribution < -0.4 is 21.3 Å². The number of nitrogens with two attached hydrogens (primary N) is 2. The van der Waals surface area contributed by atoms with E-state index in [0.717, 1.165) is 71.4 Å². The number of piperazine rings is 1. The zero-order valence-electron chi connectivity index (χ0n) is 21.7. The average molecular weight is 505 g/mol. The molecule has 1 aliphatic heterocycles. The first-order valence-electron chi connectivity index (χ1n) is 12.7. The van der Waals surface area contributed by atoms with Crippen molar-refractivity contribution in [3.8, 4) is 0 Å². The first kappa shape index (κ1) is 25.0. The van der Waals surface area contributed by atoms with Crippen LogP contribution in [0.3, 0.4) is 0 Å². The van der Waals surface area contributed by atoms with Crippen molar-refractivity contribution in [2.75, 3.05) is 47.4 Å². The molecular formula is C30H32N8. The van der Waals surface area contributed by atoms with E-state index < -0.39 is 0 Å². The molecule has 0 bridgehead atoms. The normalized spacial score (nSPS) is 14.1. The third-order valence-electron chi connectivity index (χ3n) is 6.70. The van der Waals surface area contributed by atoms with Gasteiger partial charge < -0.3 is 21.3 Å². The second-order valence-corrected chi connectivity index (χ2v) is 9.50. The van der Waals surface area contributed by atoms with Crippen LogP contribution in [0, 0.1) is 13.8 Å². The highest BCUT2D eigenvalue weighted by Crippen LogP contribution is 2.28. The summed E-state index contributed by atoms with van der Waals surface area (Å²) < 4.78 is 0. The lowest BCUT2D eigenvalue weighted by molar-refractivity contribution is 0.653. The molecule has 4 aromatic carbocycles. The van der Waals surface area contributed by atoms with E-state index in [2.05, 4.69) is 54.5 Å². The Morgan fingerprint density at radius 1 is 0.500 bits per heavy atom. The van der Waals surface area contributed by atoms with Gasteiger partial charge in [0.2, 0.25) is 0 Å². The second kappa shape index (κ2) is 11.1. The zero-order valence-corrected chi connectivity index (χ0v) is 21.7. The van der Waals surface area contributed by atoms with E-state index in [-0.39, 0.29) is 0 Å². The third-order valence-corrected chi connectivity index (χ3v) is 6.70. The Kier molecular flexibility index (Phi) is 7.31. The van der Waals surface area contributed by atoms with Crippen molar-refractivity contribution in [3.63, 3.8) is 0 Å². The van der Waals surface area contributed by atoms with Gasteiger partial charge in [0.15, 0.2) is 0 Å². The predicted molar refractivity (Wildman–Crippen MR) is 157 cm³/mol. The topological polar surface area (TPSA) is 108 Å². The second-order valence-electron chi connectivity index (χ2n) is 9.50. The Labute approximate surface area is 223 Å². The van der Waals surface area contributed by atoms with Gasteiger partial charge in [0, 0.05) is 48.9 Å². The van der Waals surface area contributed by atoms with E-state index >= 15 is 0 Å². The summed E-state index contributed by atoms with van der Waals surface area (Å²) in [5.74, 6) is 0. The molecule has 4 N–H and O–H groups in total. The van der Waals surface area contributed by atoms with Crippen LogP contribution in [0.25, 0.3) is 0 Å². The van der Waals surface area contributed by atoms with E-state index in [0.29, 0.717) is 0 Å². The maximum atomic E-state index is 5.82. The number of anilines is 4. The summed E-state index contributed by atoms with van der Waals surface area (Å²) in [5.41, 5.74) is 20.8. The first-order chi connectivity index (χ1) is 18.4. The van der Waals surface area contributed by atoms with Crippen molar-refractivity contribution in [1.29, 1.82) is 0 Å². The quantitative estimate of drug-likeness (QED) is 0.208. The molecule has 0 atom stereocenters. The molecule has 0 radical (unpaired) electrons. The smallest absolute Gasteiger partial charge is 0.0887 e. The summed E-state index contributed by atoms with van der Waals surface area (Å²) in [7, 11) is 0. The molecule has 0 aromatic heterocycles. The summed E-state index contributed by atoms with van der Waals surface area (Å²) >= 11 is 0. The Bertz CT molecular complexity index is 1340. The molecule has 4 aromatic rings. The van der Waals surface area contributed by atoms with Crippen LogP contribution in [0.15, 0.2) is 105 Å². The molecule has 0 saturated carbocycles. The van der Waals surface area contributed by atoms with Gasteiger partial charge in [0.25, 0.3) is 0 Å². The molecule has 0 aliphatic carbocycles. The number of benzene rings is 4. The van der Waals surface area contributed by atoms with Crippen molar-refractivity contribution in [1.82, 2.24) is 0 Å². The van der Waals surface area contributed by atoms with Crippen molar-refractivity contribution < 1.29 is 0 Å². The Morgan fingerprint density at radius 3 is 1.21 bits per heavy atom. The molecule has 192 valence electrons. The lowest BCUT2D eigenvalue weighted by Gasteiger charge is -2.37. The first-order valence-corrected chi connectivity index (χ1v) is 12.7. The molecule has 8 nitrogen and oxygen atoms in total. The van der Waals surface area contributed by atoms with Gasteiger partial charge >= 0.3 is 0 Å². The SMILES string of the molecule is Cc1cc(N)ccc1N=Nc1ccc(N2CCN(c3ccc(N=Nc4ccc(N)cc4C)cc3)CC2)cc1. The highest BCUT2D eigenvalue weighted by molar-refractivity contribution is 5.58. The van der Waals surface area contributed by atoms with Crippen molar-refractivity contribution in [2.24, 2.45) is 20.5 Å². The van der Waals surface area contributed by atoms with E-state index in [4.69, 9.17) is 11.5 Å². The van der Waals surface area contributed by atoms with Crippen LogP contribution in [0.5, 0.6) is 0 Å². The van der Waals surface area contributed by atoms with Crippen molar-refractivity contribution >= 4 is 45.5 Å². The van der Waals surface area contributed by atoms with Gasteiger partial charge in [-0.05, 0) is 110 Å². The third kappa shape index (κ3) is 5.98. The highest BCUT2D eigenvalue weighted by Gasteiger charge is 2.17. The summed E-state index contributed by atoms with van der Waals surface area (Å²) in [6.45, 7) is 7.76. The van der Waals surface area contributed by atoms with E-state index in [1.807, 2.05) is 74.5 Å². The minimum atomic E-state index is 0.731. The fourth-order valence-electron chi connectivity index (χ4n) is 4.49. The fourth-order valence-corrected chi connectivity index (χ4v) is 4.49. The number of hydrogen-bond acceptors (Lipinski definition) is 8. The maximum absolute atomic E-state index is 5.82. The van der Waals surface area contributed by atoms with Gasteiger partial charge in [-0.25, -0.2) is 0 Å². The number of rotatable bonds is 6. The number of aryl methyl sites for hydroxylation is 2. The predicted octanol–water partition coefficient (Wildman–Crippen LogP) is 7.63. The Balaban J connectivity index is 1.15. The van der Waals surface area contributed by atoms with Gasteiger partial charge in [-0.2, -0.15) is 20.5 Å². The Morgan fingerprint density at radius 2 is 0.868 bits per heavy atom. The Hall–Kier alpha value is -4.72. The highest BCUT2D eigenvalue weighted by atomic mass is 15.3. The van der Waals surface area contributed by atoms with Gasteiger partial charge in [-0.1, -0.05) is 0 Å². The molecule has 38 heavy (non-hydrogen) atoms. The van der Waals surface area contributed by atoms with Gasteiger partial charge in [0.1, 0.15) is 0 Å². The van der Waals surface area contributed by atoms with E-state index in [9.17, 15) is 0 Å². The fraction of sp³-hybridized carbons (Fsp3) is 0.200. The molecular weight excluding hydrogens is 472 g/mol. The van der Waals surface area contributed by atoms with Crippen LogP contribution in [-0.4, -0.2) is 26.2 Å². The molecule has 0 amide bonds. The zero-order chi connectivity index (χ0) is 26.5. The number of nitrogen functional groups attached to an aromatic ring is 2. The summed E-state index contributed by atoms with van der Waals surface area (Å²) in [5, 5.41) is 17.5. The molecule has 1 aliphatic rings. The number of nitrogens with zero attached hydrogens (tertiary/aromatic N) is 6. The largest absolute Gasteiger partial charge is 0.399 e. The van der Waals surface area contributed by atoms with Crippen LogP contribution in [0.4, 0.5) is 45.5 Å². The van der Waals surface area contributed by atoms with Gasteiger partial charge in [-0.15, -0.1) is 0 Å². The summed E-state index contributed by atoms with van der Waals surface area (Å²) in [4.78, 5) is 4.80. The van der Waals surface area contributed by atoms with Crippen molar-refractivity contribution in [3.05, 3.63) is 96.1 Å². The minimum Gasteiger partial charge on any atom is -0.399 e. The molecule has 0 spiro atoms. The molecule has 1 fully saturated rings. The molecule has 1 heterocycles. The molecule has 1 saturated heterocycles. The van der Waals surface area contributed by atoms with Crippen molar-refractivity contribution in [2.45, 2.75) is 13.8 Å². The van der Waals surface area contributed by atoms with Crippen LogP contribution in [-0.2, 0) is 0 Å². The van der Waals surface area contributed by atoms with Gasteiger partial charge in [-0.3, -0.25) is 0 Å². The van der Waals surface area contributed by atoms with Crippen LogP contribution in [0.2, 0.25) is 0 Å². The van der Waals surface area contributed by atoms with Crippen LogP contribution in [0.1, 0.15) is 11.1 Å². The van der Waals surface area contributed by atoms with Crippen LogP contribution >= 0.6 is 0 Å². The molecule has 5 rings (SSSR count). The number of azo groups is 2. The maximum Gasteiger partial charge on any atom is 0.0887 e. The average Bonchev–Trinajstić information content (AvgIpc) is 2.93.